The van der Waals surface area contributed by atoms with Gasteiger partial charge in [0.15, 0.2) is 0 Å². The third-order valence-corrected chi connectivity index (χ3v) is 4.83. The molecule has 0 bridgehead atoms. The Balaban J connectivity index is 1.67. The van der Waals surface area contributed by atoms with Crippen molar-refractivity contribution in [3.8, 4) is 6.07 Å². The molecule has 1 aromatic heterocycles. The Labute approximate surface area is 153 Å². The molecular weight excluding hydrogens is 358 g/mol. The summed E-state index contributed by atoms with van der Waals surface area (Å²) in [6.07, 6.45) is 2.48. The topological polar surface area (TPSA) is 66.0 Å². The van der Waals surface area contributed by atoms with Crippen LogP contribution in [0, 0.1) is 17.2 Å². The fourth-order valence-electron chi connectivity index (χ4n) is 2.57. The number of furan rings is 1. The van der Waals surface area contributed by atoms with E-state index in [-0.39, 0.29) is 5.57 Å². The highest BCUT2D eigenvalue weighted by atomic mass is 32.2. The summed E-state index contributed by atoms with van der Waals surface area (Å²) in [5.74, 6) is -0.744. The van der Waals surface area contributed by atoms with E-state index in [2.05, 4.69) is 12.2 Å². The van der Waals surface area contributed by atoms with Crippen LogP contribution in [0.2, 0.25) is 0 Å². The number of halogens is 2. The molecule has 4 nitrogen and oxygen atoms in total. The van der Waals surface area contributed by atoms with Gasteiger partial charge in [-0.25, -0.2) is 0 Å². The second kappa shape index (κ2) is 7.75. The Morgan fingerprint density at radius 2 is 2.04 bits per heavy atom. The fourth-order valence-corrected chi connectivity index (χ4v) is 3.07. The molecule has 1 saturated carbocycles. The minimum Gasteiger partial charge on any atom is -0.461 e. The quantitative estimate of drug-likeness (QED) is 0.425. The van der Waals surface area contributed by atoms with E-state index in [0.29, 0.717) is 39.9 Å². The van der Waals surface area contributed by atoms with Crippen molar-refractivity contribution in [2.75, 3.05) is 5.32 Å². The Kier molecular flexibility index (Phi) is 5.43. The molecule has 1 heterocycles. The summed E-state index contributed by atoms with van der Waals surface area (Å²) in [5, 5.41) is 11.8. The van der Waals surface area contributed by atoms with Crippen LogP contribution in [0.3, 0.4) is 0 Å². The Hall–Kier alpha value is -2.59. The van der Waals surface area contributed by atoms with Crippen molar-refractivity contribution < 1.29 is 18.0 Å². The highest BCUT2D eigenvalue weighted by Crippen LogP contribution is 2.47. The molecule has 0 aliphatic heterocycles. The molecule has 1 amide bonds. The first-order valence-electron chi connectivity index (χ1n) is 8.04. The lowest BCUT2D eigenvalue weighted by molar-refractivity contribution is -0.112. The molecule has 134 valence electrons. The summed E-state index contributed by atoms with van der Waals surface area (Å²) in [5.41, 5.74) is 0.322. The molecule has 1 fully saturated rings. The van der Waals surface area contributed by atoms with Crippen LogP contribution in [-0.2, 0) is 4.79 Å². The average molecular weight is 374 g/mol. The van der Waals surface area contributed by atoms with Crippen molar-refractivity contribution >= 4 is 29.4 Å². The molecule has 26 heavy (non-hydrogen) atoms. The highest BCUT2D eigenvalue weighted by molar-refractivity contribution is 7.99. The fraction of sp³-hybridized carbons (Fsp3) is 0.263. The molecule has 2 aromatic rings. The summed E-state index contributed by atoms with van der Waals surface area (Å²) in [6, 6.07) is 11.5. The van der Waals surface area contributed by atoms with E-state index in [4.69, 9.17) is 4.42 Å². The van der Waals surface area contributed by atoms with Gasteiger partial charge in [0.25, 0.3) is 11.7 Å². The number of nitriles is 1. The number of benzene rings is 1. The van der Waals surface area contributed by atoms with Gasteiger partial charge in [0.2, 0.25) is 0 Å². The molecule has 1 aromatic carbocycles. The number of hydrogen-bond donors (Lipinski definition) is 1. The van der Waals surface area contributed by atoms with E-state index in [0.717, 1.165) is 12.2 Å². The number of anilines is 1. The van der Waals surface area contributed by atoms with Crippen molar-refractivity contribution in [3.63, 3.8) is 0 Å². The maximum Gasteiger partial charge on any atom is 0.288 e. The van der Waals surface area contributed by atoms with Crippen LogP contribution in [0.15, 0.2) is 51.3 Å². The van der Waals surface area contributed by atoms with E-state index in [1.54, 1.807) is 6.07 Å². The Bertz CT molecular complexity index is 868. The number of carbonyl (C=O) groups excluding carboxylic acids is 1. The van der Waals surface area contributed by atoms with Gasteiger partial charge in [-0.3, -0.25) is 4.79 Å². The third-order valence-electron chi connectivity index (χ3n) is 4.11. The molecule has 7 heteroatoms. The first kappa shape index (κ1) is 18.2. The molecular formula is C19H16F2N2O2S. The van der Waals surface area contributed by atoms with Crippen LogP contribution >= 0.6 is 11.8 Å². The molecule has 0 unspecified atom stereocenters. The van der Waals surface area contributed by atoms with Crippen LogP contribution in [-0.4, -0.2) is 11.7 Å². The van der Waals surface area contributed by atoms with Crippen molar-refractivity contribution in [1.29, 1.82) is 5.26 Å². The summed E-state index contributed by atoms with van der Waals surface area (Å²) in [6.45, 7) is 2.14. The Morgan fingerprint density at radius 1 is 1.35 bits per heavy atom. The number of nitrogens with zero attached hydrogens (tertiary/aromatic N) is 1. The molecule has 0 spiro atoms. The van der Waals surface area contributed by atoms with Gasteiger partial charge in [0.05, 0.1) is 0 Å². The molecule has 1 aliphatic carbocycles. The predicted molar refractivity (Wildman–Crippen MR) is 95.8 cm³/mol. The van der Waals surface area contributed by atoms with Gasteiger partial charge in [0, 0.05) is 22.6 Å². The number of hydrogen-bond acceptors (Lipinski definition) is 4. The molecule has 3 rings (SSSR count). The number of rotatable bonds is 6. The smallest absolute Gasteiger partial charge is 0.288 e. The second-order valence-electron chi connectivity index (χ2n) is 6.09. The van der Waals surface area contributed by atoms with Gasteiger partial charge in [0.1, 0.15) is 23.2 Å². The Morgan fingerprint density at radius 3 is 2.62 bits per heavy atom. The minimum absolute atomic E-state index is 0.0965. The first-order valence-corrected chi connectivity index (χ1v) is 8.92. The van der Waals surface area contributed by atoms with Gasteiger partial charge < -0.3 is 9.73 Å². The summed E-state index contributed by atoms with van der Waals surface area (Å²) < 4.78 is 30.3. The van der Waals surface area contributed by atoms with Gasteiger partial charge >= 0.3 is 0 Å². The van der Waals surface area contributed by atoms with E-state index >= 15 is 0 Å². The first-order chi connectivity index (χ1) is 12.5. The normalized spacial score (nSPS) is 19.3. The van der Waals surface area contributed by atoms with E-state index in [9.17, 15) is 18.8 Å². The van der Waals surface area contributed by atoms with Crippen molar-refractivity contribution in [2.24, 2.45) is 5.92 Å². The second-order valence-corrected chi connectivity index (χ2v) is 7.15. The lowest BCUT2D eigenvalue weighted by Gasteiger charge is -2.05. The maximum absolute atomic E-state index is 12.3. The van der Waals surface area contributed by atoms with E-state index in [1.807, 2.05) is 12.1 Å². The van der Waals surface area contributed by atoms with Gasteiger partial charge in [-0.05, 0) is 48.7 Å². The van der Waals surface area contributed by atoms with Crippen molar-refractivity contribution in [3.05, 3.63) is 53.5 Å². The molecule has 1 aliphatic rings. The van der Waals surface area contributed by atoms with Gasteiger partial charge in [-0.1, -0.05) is 18.7 Å². The monoisotopic (exact) mass is 374 g/mol. The van der Waals surface area contributed by atoms with Crippen molar-refractivity contribution in [1.82, 2.24) is 0 Å². The van der Waals surface area contributed by atoms with E-state index in [1.165, 1.54) is 30.3 Å². The number of alkyl halides is 2. The minimum atomic E-state index is -2.50. The molecule has 2 atom stereocenters. The predicted octanol–water partition coefficient (Wildman–Crippen LogP) is 5.26. The molecule has 1 N–H and O–H groups in total. The lowest BCUT2D eigenvalue weighted by Crippen LogP contribution is -2.13. The third kappa shape index (κ3) is 4.52. The number of nitrogens with one attached hydrogen (secondary N) is 1. The lowest BCUT2D eigenvalue weighted by atomic mass is 10.2. The van der Waals surface area contributed by atoms with E-state index < -0.39 is 11.7 Å². The number of carbonyl (C=O) groups is 1. The maximum atomic E-state index is 12.3. The van der Waals surface area contributed by atoms with Crippen LogP contribution in [0.4, 0.5) is 14.5 Å². The molecule has 0 radical (unpaired) electrons. The largest absolute Gasteiger partial charge is 0.461 e. The molecule has 0 saturated heterocycles. The van der Waals surface area contributed by atoms with Crippen LogP contribution in [0.5, 0.6) is 0 Å². The zero-order chi connectivity index (χ0) is 18.7. The zero-order valence-corrected chi connectivity index (χ0v) is 14.7. The highest BCUT2D eigenvalue weighted by Gasteiger charge is 2.36. The average Bonchev–Trinajstić information content (AvgIpc) is 3.15. The standard InChI is InChI=1S/C19H16F2N2O2S/c1-11-8-16(11)17-7-4-14(25-17)9-12(10-22)18(24)23-13-2-5-15(6-3-13)26-19(20)21/h2-7,9,11,16,19H,8H2,1H3,(H,23,24)/b12-9+/t11-,16+/m0/s1. The summed E-state index contributed by atoms with van der Waals surface area (Å²) >= 11 is 0.426. The number of thioether (sulfide) groups is 1. The summed E-state index contributed by atoms with van der Waals surface area (Å²) in [4.78, 5) is 12.6. The van der Waals surface area contributed by atoms with Crippen LogP contribution in [0.1, 0.15) is 30.8 Å². The van der Waals surface area contributed by atoms with Gasteiger partial charge in [-0.15, -0.1) is 0 Å². The SMILES string of the molecule is C[C@H]1C[C@H]1c1ccc(/C=C(\C#N)C(=O)Nc2ccc(SC(F)F)cc2)o1. The van der Waals surface area contributed by atoms with Gasteiger partial charge in [-0.2, -0.15) is 14.0 Å². The summed E-state index contributed by atoms with van der Waals surface area (Å²) in [7, 11) is 0. The zero-order valence-electron chi connectivity index (χ0n) is 13.9. The number of amides is 1. The van der Waals surface area contributed by atoms with Crippen molar-refractivity contribution in [2.45, 2.75) is 29.9 Å². The van der Waals surface area contributed by atoms with Crippen LogP contribution in [0.25, 0.3) is 6.08 Å². The van der Waals surface area contributed by atoms with Crippen LogP contribution < -0.4 is 5.32 Å².